The van der Waals surface area contributed by atoms with E-state index in [0.29, 0.717) is 6.54 Å². The quantitative estimate of drug-likeness (QED) is 0.732. The van der Waals surface area contributed by atoms with Crippen molar-refractivity contribution in [2.75, 3.05) is 13.7 Å². The van der Waals surface area contributed by atoms with Gasteiger partial charge in [-0.05, 0) is 35.2 Å². The lowest BCUT2D eigenvalue weighted by Gasteiger charge is -2.17. The SMILES string of the molecule is CCc1ccc(C(CO)NC(=O)NCc2cccc(OC)c2)cc1. The first-order chi connectivity index (χ1) is 11.7. The number of aryl methyl sites for hydroxylation is 1. The van der Waals surface area contributed by atoms with Gasteiger partial charge in [0.2, 0.25) is 0 Å². The summed E-state index contributed by atoms with van der Waals surface area (Å²) in [6, 6.07) is 14.6. The molecule has 1 atom stereocenters. The molecule has 3 N–H and O–H groups in total. The van der Waals surface area contributed by atoms with Crippen LogP contribution < -0.4 is 15.4 Å². The lowest BCUT2D eigenvalue weighted by Crippen LogP contribution is -2.38. The summed E-state index contributed by atoms with van der Waals surface area (Å²) in [7, 11) is 1.61. The smallest absolute Gasteiger partial charge is 0.315 e. The summed E-state index contributed by atoms with van der Waals surface area (Å²) in [6.07, 6.45) is 0.957. The number of amides is 2. The highest BCUT2D eigenvalue weighted by Gasteiger charge is 2.13. The third-order valence-electron chi connectivity index (χ3n) is 3.87. The van der Waals surface area contributed by atoms with E-state index in [1.54, 1.807) is 7.11 Å². The first kappa shape index (κ1) is 17.8. The molecular formula is C19H24N2O3. The van der Waals surface area contributed by atoms with Gasteiger partial charge in [-0.3, -0.25) is 0 Å². The Labute approximate surface area is 142 Å². The summed E-state index contributed by atoms with van der Waals surface area (Å²) in [4.78, 5) is 12.1. The van der Waals surface area contributed by atoms with Crippen LogP contribution in [0, 0.1) is 0 Å². The van der Waals surface area contributed by atoms with Crippen molar-refractivity contribution in [3.8, 4) is 5.75 Å². The largest absolute Gasteiger partial charge is 0.497 e. The van der Waals surface area contributed by atoms with E-state index in [1.165, 1.54) is 5.56 Å². The minimum Gasteiger partial charge on any atom is -0.497 e. The maximum Gasteiger partial charge on any atom is 0.315 e. The molecule has 128 valence electrons. The highest BCUT2D eigenvalue weighted by Crippen LogP contribution is 2.14. The maximum absolute atomic E-state index is 12.1. The van der Waals surface area contributed by atoms with Crippen molar-refractivity contribution < 1.29 is 14.6 Å². The van der Waals surface area contributed by atoms with Gasteiger partial charge in [0.05, 0.1) is 19.8 Å². The minimum atomic E-state index is -0.429. The van der Waals surface area contributed by atoms with Crippen molar-refractivity contribution in [3.05, 3.63) is 65.2 Å². The lowest BCUT2D eigenvalue weighted by molar-refractivity contribution is 0.216. The van der Waals surface area contributed by atoms with Crippen molar-refractivity contribution in [2.24, 2.45) is 0 Å². The van der Waals surface area contributed by atoms with E-state index in [4.69, 9.17) is 4.74 Å². The van der Waals surface area contributed by atoms with E-state index in [-0.39, 0.29) is 12.6 Å². The highest BCUT2D eigenvalue weighted by atomic mass is 16.5. The van der Waals surface area contributed by atoms with Gasteiger partial charge < -0.3 is 20.5 Å². The average Bonchev–Trinajstić information content (AvgIpc) is 2.64. The maximum atomic E-state index is 12.1. The van der Waals surface area contributed by atoms with Gasteiger partial charge in [0.25, 0.3) is 0 Å². The van der Waals surface area contributed by atoms with Crippen molar-refractivity contribution in [2.45, 2.75) is 25.9 Å². The fourth-order valence-electron chi connectivity index (χ4n) is 2.39. The number of aliphatic hydroxyl groups is 1. The van der Waals surface area contributed by atoms with Gasteiger partial charge in [-0.2, -0.15) is 0 Å². The van der Waals surface area contributed by atoms with Gasteiger partial charge in [0.1, 0.15) is 5.75 Å². The number of rotatable bonds is 7. The van der Waals surface area contributed by atoms with Crippen LogP contribution in [-0.4, -0.2) is 24.9 Å². The number of carbonyl (C=O) groups is 1. The van der Waals surface area contributed by atoms with Crippen LogP contribution in [0.2, 0.25) is 0 Å². The molecule has 5 heteroatoms. The third kappa shape index (κ3) is 4.99. The monoisotopic (exact) mass is 328 g/mol. The molecule has 0 bridgehead atoms. The molecule has 2 amide bonds. The molecule has 24 heavy (non-hydrogen) atoms. The van der Waals surface area contributed by atoms with Gasteiger partial charge in [-0.1, -0.05) is 43.3 Å². The molecule has 0 heterocycles. The predicted octanol–water partition coefficient (Wildman–Crippen LogP) is 2.79. The fourth-order valence-corrected chi connectivity index (χ4v) is 2.39. The fraction of sp³-hybridized carbons (Fsp3) is 0.316. The number of urea groups is 1. The van der Waals surface area contributed by atoms with Crippen molar-refractivity contribution in [1.29, 1.82) is 0 Å². The molecule has 0 aliphatic rings. The summed E-state index contributed by atoms with van der Waals surface area (Å²) >= 11 is 0. The topological polar surface area (TPSA) is 70.6 Å². The number of methoxy groups -OCH3 is 1. The molecule has 2 rings (SSSR count). The molecule has 0 spiro atoms. The molecule has 2 aromatic carbocycles. The Kier molecular flexibility index (Phi) is 6.63. The van der Waals surface area contributed by atoms with E-state index in [0.717, 1.165) is 23.3 Å². The molecule has 0 radical (unpaired) electrons. The normalized spacial score (nSPS) is 11.6. The Bertz CT molecular complexity index is 656. The van der Waals surface area contributed by atoms with Crippen molar-refractivity contribution in [1.82, 2.24) is 10.6 Å². The number of nitrogens with one attached hydrogen (secondary N) is 2. The zero-order chi connectivity index (χ0) is 17.4. The molecule has 0 fully saturated rings. The molecule has 2 aromatic rings. The van der Waals surface area contributed by atoms with Crippen molar-refractivity contribution >= 4 is 6.03 Å². The van der Waals surface area contributed by atoms with Gasteiger partial charge in [0.15, 0.2) is 0 Å². The van der Waals surface area contributed by atoms with Crippen LogP contribution in [0.1, 0.15) is 29.7 Å². The standard InChI is InChI=1S/C19H24N2O3/c1-3-14-7-9-16(10-8-14)18(13-22)21-19(23)20-12-15-5-4-6-17(11-15)24-2/h4-11,18,22H,3,12-13H2,1-2H3,(H2,20,21,23). The van der Waals surface area contributed by atoms with Gasteiger partial charge in [-0.15, -0.1) is 0 Å². The second kappa shape index (κ2) is 8.93. The first-order valence-corrected chi connectivity index (χ1v) is 8.03. The van der Waals surface area contributed by atoms with E-state index in [2.05, 4.69) is 17.6 Å². The first-order valence-electron chi connectivity index (χ1n) is 8.03. The minimum absolute atomic E-state index is 0.155. The number of carbonyl (C=O) groups excluding carboxylic acids is 1. The molecule has 0 saturated heterocycles. The molecule has 0 saturated carbocycles. The summed E-state index contributed by atoms with van der Waals surface area (Å²) in [5.41, 5.74) is 3.04. The van der Waals surface area contributed by atoms with Crippen LogP contribution in [0.4, 0.5) is 4.79 Å². The number of aliphatic hydroxyl groups excluding tert-OH is 1. The average molecular weight is 328 g/mol. The van der Waals surface area contributed by atoms with E-state index in [1.807, 2.05) is 48.5 Å². The Morgan fingerprint density at radius 1 is 1.17 bits per heavy atom. The predicted molar refractivity (Wildman–Crippen MR) is 94.0 cm³/mol. The molecule has 0 aromatic heterocycles. The second-order valence-corrected chi connectivity index (χ2v) is 5.51. The molecule has 5 nitrogen and oxygen atoms in total. The number of hydrogen-bond donors (Lipinski definition) is 3. The summed E-state index contributed by atoms with van der Waals surface area (Å²) in [6.45, 7) is 2.32. The summed E-state index contributed by atoms with van der Waals surface area (Å²) in [5, 5.41) is 15.1. The molecule has 0 aliphatic carbocycles. The van der Waals surface area contributed by atoms with E-state index in [9.17, 15) is 9.90 Å². The Morgan fingerprint density at radius 3 is 2.54 bits per heavy atom. The van der Waals surface area contributed by atoms with E-state index < -0.39 is 6.04 Å². The zero-order valence-electron chi connectivity index (χ0n) is 14.1. The Hall–Kier alpha value is -2.53. The summed E-state index contributed by atoms with van der Waals surface area (Å²) in [5.74, 6) is 0.749. The summed E-state index contributed by atoms with van der Waals surface area (Å²) < 4.78 is 5.16. The van der Waals surface area contributed by atoms with Crippen molar-refractivity contribution in [3.63, 3.8) is 0 Å². The highest BCUT2D eigenvalue weighted by molar-refractivity contribution is 5.74. The van der Waals surface area contributed by atoms with Crippen LogP contribution in [0.25, 0.3) is 0 Å². The van der Waals surface area contributed by atoms with Crippen LogP contribution in [0.5, 0.6) is 5.75 Å². The molecule has 1 unspecified atom stereocenters. The molecule has 0 aliphatic heterocycles. The van der Waals surface area contributed by atoms with E-state index >= 15 is 0 Å². The number of hydrogen-bond acceptors (Lipinski definition) is 3. The molecular weight excluding hydrogens is 304 g/mol. The Morgan fingerprint density at radius 2 is 1.92 bits per heavy atom. The van der Waals surface area contributed by atoms with Gasteiger partial charge in [-0.25, -0.2) is 4.79 Å². The number of ether oxygens (including phenoxy) is 1. The Balaban J connectivity index is 1.91. The lowest BCUT2D eigenvalue weighted by atomic mass is 10.0. The van der Waals surface area contributed by atoms with Crippen LogP contribution in [-0.2, 0) is 13.0 Å². The van der Waals surface area contributed by atoms with Gasteiger partial charge in [0, 0.05) is 6.54 Å². The van der Waals surface area contributed by atoms with Gasteiger partial charge >= 0.3 is 6.03 Å². The third-order valence-corrected chi connectivity index (χ3v) is 3.87. The van der Waals surface area contributed by atoms with Crippen LogP contribution in [0.3, 0.4) is 0 Å². The zero-order valence-corrected chi connectivity index (χ0v) is 14.1. The second-order valence-electron chi connectivity index (χ2n) is 5.51. The van der Waals surface area contributed by atoms with Crippen LogP contribution >= 0.6 is 0 Å². The number of benzene rings is 2. The van der Waals surface area contributed by atoms with Crippen LogP contribution in [0.15, 0.2) is 48.5 Å².